The van der Waals surface area contributed by atoms with E-state index in [-0.39, 0.29) is 5.82 Å². The van der Waals surface area contributed by atoms with Gasteiger partial charge in [-0.05, 0) is 43.0 Å². The van der Waals surface area contributed by atoms with Crippen LogP contribution in [0, 0.1) is 11.7 Å². The van der Waals surface area contributed by atoms with E-state index in [2.05, 4.69) is 6.92 Å². The molecule has 0 heterocycles. The van der Waals surface area contributed by atoms with Gasteiger partial charge in [0.25, 0.3) is 0 Å². The molecule has 1 aromatic rings. The molecule has 76 valence electrons. The molecule has 0 aliphatic heterocycles. The lowest BCUT2D eigenvalue weighted by Crippen LogP contribution is -2.33. The van der Waals surface area contributed by atoms with E-state index in [1.807, 2.05) is 0 Å². The zero-order valence-electron chi connectivity index (χ0n) is 8.37. The lowest BCUT2D eigenvalue weighted by molar-refractivity contribution is 0.0631. The Balaban J connectivity index is 1.84. The lowest BCUT2D eigenvalue weighted by Gasteiger charge is -2.34. The fraction of sp³-hybridized carbons (Fsp3) is 0.500. The van der Waals surface area contributed by atoms with E-state index in [4.69, 9.17) is 4.74 Å². The Morgan fingerprint density at radius 2 is 1.93 bits per heavy atom. The van der Waals surface area contributed by atoms with Crippen LogP contribution in [0.4, 0.5) is 4.39 Å². The Bertz CT molecular complexity index is 288. The second-order valence-electron chi connectivity index (χ2n) is 3.94. The van der Waals surface area contributed by atoms with Crippen LogP contribution in [0.5, 0.6) is 5.75 Å². The fourth-order valence-corrected chi connectivity index (χ4v) is 1.81. The second-order valence-corrected chi connectivity index (χ2v) is 3.94. The van der Waals surface area contributed by atoms with Gasteiger partial charge in [-0.2, -0.15) is 0 Å². The molecule has 2 heteroatoms. The third-order valence-electron chi connectivity index (χ3n) is 2.89. The molecule has 0 aromatic heterocycles. The average molecular weight is 194 g/mol. The Kier molecular flexibility index (Phi) is 2.71. The zero-order valence-corrected chi connectivity index (χ0v) is 8.37. The second kappa shape index (κ2) is 3.99. The summed E-state index contributed by atoms with van der Waals surface area (Å²) in [5, 5.41) is 0. The van der Waals surface area contributed by atoms with Gasteiger partial charge < -0.3 is 4.74 Å². The minimum atomic E-state index is -0.211. The van der Waals surface area contributed by atoms with Crippen LogP contribution in [-0.2, 0) is 0 Å². The molecule has 1 saturated carbocycles. The van der Waals surface area contributed by atoms with Crippen LogP contribution in [-0.4, -0.2) is 6.10 Å². The molecule has 1 nitrogen and oxygen atoms in total. The van der Waals surface area contributed by atoms with Gasteiger partial charge in [-0.15, -0.1) is 0 Å². The Morgan fingerprint density at radius 3 is 2.50 bits per heavy atom. The molecule has 14 heavy (non-hydrogen) atoms. The topological polar surface area (TPSA) is 9.23 Å². The normalized spacial score (nSPS) is 25.6. The molecule has 1 aromatic carbocycles. The summed E-state index contributed by atoms with van der Waals surface area (Å²) in [5.74, 6) is 1.41. The molecule has 1 aliphatic rings. The number of hydrogen-bond donors (Lipinski definition) is 0. The van der Waals surface area contributed by atoms with Crippen LogP contribution in [0.15, 0.2) is 24.3 Å². The lowest BCUT2D eigenvalue weighted by atomic mass is 9.80. The highest BCUT2D eigenvalue weighted by Gasteiger charge is 2.29. The summed E-state index contributed by atoms with van der Waals surface area (Å²) >= 11 is 0. The van der Waals surface area contributed by atoms with E-state index in [1.54, 1.807) is 12.1 Å². The van der Waals surface area contributed by atoms with Gasteiger partial charge in [-0.25, -0.2) is 4.39 Å². The SMILES string of the molecule is CCC1CC(Oc2ccc(F)cc2)C1. The molecule has 1 fully saturated rings. The maximum Gasteiger partial charge on any atom is 0.123 e. The maximum atomic E-state index is 12.6. The summed E-state index contributed by atoms with van der Waals surface area (Å²) in [7, 11) is 0. The monoisotopic (exact) mass is 194 g/mol. The van der Waals surface area contributed by atoms with Gasteiger partial charge in [0.05, 0.1) is 6.10 Å². The minimum Gasteiger partial charge on any atom is -0.490 e. The van der Waals surface area contributed by atoms with Gasteiger partial charge in [-0.1, -0.05) is 13.3 Å². The van der Waals surface area contributed by atoms with Crippen molar-refractivity contribution < 1.29 is 9.13 Å². The van der Waals surface area contributed by atoms with Crippen molar-refractivity contribution in [2.24, 2.45) is 5.92 Å². The summed E-state index contributed by atoms with van der Waals surface area (Å²) in [6.45, 7) is 2.21. The van der Waals surface area contributed by atoms with Crippen molar-refractivity contribution in [3.05, 3.63) is 30.1 Å². The molecule has 0 radical (unpaired) electrons. The van der Waals surface area contributed by atoms with E-state index in [0.717, 1.165) is 24.5 Å². The molecule has 0 bridgehead atoms. The van der Waals surface area contributed by atoms with E-state index in [1.165, 1.54) is 18.6 Å². The number of ether oxygens (including phenoxy) is 1. The molecule has 0 saturated heterocycles. The van der Waals surface area contributed by atoms with Crippen LogP contribution >= 0.6 is 0 Å². The van der Waals surface area contributed by atoms with Crippen LogP contribution in [0.3, 0.4) is 0 Å². The van der Waals surface area contributed by atoms with Crippen molar-refractivity contribution in [3.63, 3.8) is 0 Å². The van der Waals surface area contributed by atoms with Gasteiger partial charge >= 0.3 is 0 Å². The van der Waals surface area contributed by atoms with E-state index in [9.17, 15) is 4.39 Å². The summed E-state index contributed by atoms with van der Waals surface area (Å²) < 4.78 is 18.3. The first-order valence-electron chi connectivity index (χ1n) is 5.20. The Morgan fingerprint density at radius 1 is 1.29 bits per heavy atom. The van der Waals surface area contributed by atoms with Crippen molar-refractivity contribution in [2.75, 3.05) is 0 Å². The summed E-state index contributed by atoms with van der Waals surface area (Å²) in [5.41, 5.74) is 0. The molecule has 1 aliphatic carbocycles. The minimum absolute atomic E-state index is 0.211. The standard InChI is InChI=1S/C12H15FO/c1-2-9-7-12(8-9)14-11-5-3-10(13)4-6-11/h3-6,9,12H,2,7-8H2,1H3. The van der Waals surface area contributed by atoms with Crippen LogP contribution < -0.4 is 4.74 Å². The molecule has 2 rings (SSSR count). The van der Waals surface area contributed by atoms with E-state index >= 15 is 0 Å². The Labute approximate surface area is 83.9 Å². The predicted molar refractivity (Wildman–Crippen MR) is 53.8 cm³/mol. The number of benzene rings is 1. The van der Waals surface area contributed by atoms with Crippen molar-refractivity contribution >= 4 is 0 Å². The Hall–Kier alpha value is -1.05. The molecule has 0 unspecified atom stereocenters. The van der Waals surface area contributed by atoms with Gasteiger partial charge in [0.1, 0.15) is 11.6 Å². The molecule has 0 atom stereocenters. The van der Waals surface area contributed by atoms with Crippen molar-refractivity contribution in [2.45, 2.75) is 32.3 Å². The molecule has 0 N–H and O–H groups in total. The van der Waals surface area contributed by atoms with Crippen LogP contribution in [0.25, 0.3) is 0 Å². The third kappa shape index (κ3) is 2.06. The average Bonchev–Trinajstić information content (AvgIpc) is 2.13. The summed E-state index contributed by atoms with van der Waals surface area (Å²) in [6.07, 6.45) is 3.89. The molecular formula is C12H15FO. The highest BCUT2D eigenvalue weighted by molar-refractivity contribution is 5.22. The highest BCUT2D eigenvalue weighted by atomic mass is 19.1. The first kappa shape index (κ1) is 9.50. The third-order valence-corrected chi connectivity index (χ3v) is 2.89. The van der Waals surface area contributed by atoms with Crippen molar-refractivity contribution in [1.29, 1.82) is 0 Å². The molecule has 0 spiro atoms. The number of halogens is 1. The van der Waals surface area contributed by atoms with E-state index in [0.29, 0.717) is 6.10 Å². The van der Waals surface area contributed by atoms with Crippen molar-refractivity contribution in [3.8, 4) is 5.75 Å². The largest absolute Gasteiger partial charge is 0.490 e. The van der Waals surface area contributed by atoms with Crippen LogP contribution in [0.2, 0.25) is 0 Å². The van der Waals surface area contributed by atoms with E-state index < -0.39 is 0 Å². The maximum absolute atomic E-state index is 12.6. The van der Waals surface area contributed by atoms with Gasteiger partial charge in [0.2, 0.25) is 0 Å². The number of hydrogen-bond acceptors (Lipinski definition) is 1. The summed E-state index contributed by atoms with van der Waals surface area (Å²) in [4.78, 5) is 0. The van der Waals surface area contributed by atoms with Crippen molar-refractivity contribution in [1.82, 2.24) is 0 Å². The fourth-order valence-electron chi connectivity index (χ4n) is 1.81. The predicted octanol–water partition coefficient (Wildman–Crippen LogP) is 3.39. The molecular weight excluding hydrogens is 179 g/mol. The quantitative estimate of drug-likeness (QED) is 0.716. The first-order chi connectivity index (χ1) is 6.78. The first-order valence-corrected chi connectivity index (χ1v) is 5.20. The van der Waals surface area contributed by atoms with Gasteiger partial charge in [0.15, 0.2) is 0 Å². The summed E-state index contributed by atoms with van der Waals surface area (Å²) in [6, 6.07) is 6.25. The van der Waals surface area contributed by atoms with Gasteiger partial charge in [-0.3, -0.25) is 0 Å². The highest BCUT2D eigenvalue weighted by Crippen LogP contribution is 2.33. The molecule has 0 amide bonds. The van der Waals surface area contributed by atoms with Gasteiger partial charge in [0, 0.05) is 0 Å². The number of rotatable bonds is 3. The zero-order chi connectivity index (χ0) is 9.97. The smallest absolute Gasteiger partial charge is 0.123 e. The van der Waals surface area contributed by atoms with Crippen LogP contribution in [0.1, 0.15) is 26.2 Å².